The average molecular weight is 558 g/mol. The van der Waals surface area contributed by atoms with E-state index in [0.29, 0.717) is 25.9 Å². The van der Waals surface area contributed by atoms with E-state index in [4.69, 9.17) is 10.5 Å². The number of carbonyl (C=O) groups is 3. The number of para-hydroxylation sites is 1. The van der Waals surface area contributed by atoms with Crippen LogP contribution in [0.1, 0.15) is 30.4 Å². The van der Waals surface area contributed by atoms with Gasteiger partial charge in [0.1, 0.15) is 6.10 Å². The lowest BCUT2D eigenvalue weighted by atomic mass is 10.0. The number of carbonyl (C=O) groups excluding carboxylic acids is 3. The Kier molecular flexibility index (Phi) is 10.7. The average Bonchev–Trinajstić information content (AvgIpc) is 2.98. The molecule has 0 spiro atoms. The number of nitrogens with zero attached hydrogens (tertiary/aromatic N) is 2. The highest BCUT2D eigenvalue weighted by Gasteiger charge is 2.22. The lowest BCUT2D eigenvalue weighted by molar-refractivity contribution is -0.121. The van der Waals surface area contributed by atoms with Crippen molar-refractivity contribution in [3.63, 3.8) is 0 Å². The first-order valence-corrected chi connectivity index (χ1v) is 14.1. The lowest BCUT2D eigenvalue weighted by Crippen LogP contribution is -2.42. The Morgan fingerprint density at radius 1 is 0.927 bits per heavy atom. The number of piperidine rings is 1. The molecule has 0 saturated carbocycles. The van der Waals surface area contributed by atoms with Crippen LogP contribution in [-0.4, -0.2) is 67.2 Å². The van der Waals surface area contributed by atoms with E-state index < -0.39 is 12.1 Å². The molecule has 41 heavy (non-hydrogen) atoms. The summed E-state index contributed by atoms with van der Waals surface area (Å²) in [6.07, 6.45) is 2.01. The molecular formula is C32H39N5O4. The summed E-state index contributed by atoms with van der Waals surface area (Å²) in [6, 6.07) is 25.0. The minimum Gasteiger partial charge on any atom is -0.446 e. The Morgan fingerprint density at radius 3 is 2.29 bits per heavy atom. The number of hydrogen-bond donors (Lipinski definition) is 3. The van der Waals surface area contributed by atoms with E-state index in [1.165, 1.54) is 4.90 Å². The van der Waals surface area contributed by atoms with Crippen molar-refractivity contribution < 1.29 is 19.1 Å². The molecule has 0 radical (unpaired) electrons. The maximum Gasteiger partial charge on any atom is 0.411 e. The minimum atomic E-state index is -0.465. The van der Waals surface area contributed by atoms with Gasteiger partial charge in [-0.05, 0) is 42.0 Å². The van der Waals surface area contributed by atoms with E-state index in [1.807, 2.05) is 78.9 Å². The van der Waals surface area contributed by atoms with E-state index in [2.05, 4.69) is 15.5 Å². The second-order valence-electron chi connectivity index (χ2n) is 10.3. The number of anilines is 1. The molecule has 216 valence electrons. The molecule has 3 aromatic carbocycles. The maximum atomic E-state index is 12.6. The molecule has 0 bridgehead atoms. The van der Waals surface area contributed by atoms with Crippen molar-refractivity contribution in [2.24, 2.45) is 5.73 Å². The van der Waals surface area contributed by atoms with E-state index in [-0.39, 0.29) is 12.0 Å². The molecule has 1 aliphatic heterocycles. The fraction of sp³-hybridized carbons (Fsp3) is 0.344. The molecule has 1 saturated heterocycles. The zero-order valence-corrected chi connectivity index (χ0v) is 23.6. The van der Waals surface area contributed by atoms with Gasteiger partial charge in [0.2, 0.25) is 5.91 Å². The summed E-state index contributed by atoms with van der Waals surface area (Å²) in [5.74, 6) is 0.0215. The summed E-state index contributed by atoms with van der Waals surface area (Å²) < 4.78 is 5.72. The van der Waals surface area contributed by atoms with Crippen LogP contribution in [-0.2, 0) is 22.5 Å². The van der Waals surface area contributed by atoms with Crippen molar-refractivity contribution in [1.82, 2.24) is 15.1 Å². The number of benzene rings is 3. The van der Waals surface area contributed by atoms with Gasteiger partial charge in [0, 0.05) is 51.8 Å². The van der Waals surface area contributed by atoms with Crippen molar-refractivity contribution in [2.45, 2.75) is 38.3 Å². The number of rotatable bonds is 11. The van der Waals surface area contributed by atoms with Crippen LogP contribution in [0.25, 0.3) is 11.1 Å². The van der Waals surface area contributed by atoms with Gasteiger partial charge in [-0.1, -0.05) is 72.8 Å². The third-order valence-corrected chi connectivity index (χ3v) is 7.27. The molecule has 4 N–H and O–H groups in total. The van der Waals surface area contributed by atoms with Crippen LogP contribution in [0.5, 0.6) is 0 Å². The van der Waals surface area contributed by atoms with Crippen molar-refractivity contribution in [3.8, 4) is 11.1 Å². The zero-order chi connectivity index (χ0) is 29.0. The van der Waals surface area contributed by atoms with Crippen LogP contribution in [0.2, 0.25) is 0 Å². The van der Waals surface area contributed by atoms with Gasteiger partial charge in [-0.2, -0.15) is 0 Å². The predicted octanol–water partition coefficient (Wildman–Crippen LogP) is 4.63. The first kappa shape index (κ1) is 29.6. The van der Waals surface area contributed by atoms with Gasteiger partial charge >= 0.3 is 12.1 Å². The number of nitrogens with one attached hydrogen (secondary N) is 2. The van der Waals surface area contributed by atoms with Gasteiger partial charge in [0.25, 0.3) is 0 Å². The molecule has 9 heteroatoms. The fourth-order valence-electron chi connectivity index (χ4n) is 4.87. The van der Waals surface area contributed by atoms with Crippen LogP contribution < -0.4 is 16.4 Å². The lowest BCUT2D eigenvalue weighted by Gasteiger charge is -2.31. The maximum absolute atomic E-state index is 12.6. The Hall–Kier alpha value is -4.37. The van der Waals surface area contributed by atoms with Gasteiger partial charge < -0.3 is 25.6 Å². The highest BCUT2D eigenvalue weighted by molar-refractivity contribution is 5.91. The smallest absolute Gasteiger partial charge is 0.411 e. The summed E-state index contributed by atoms with van der Waals surface area (Å²) in [5.41, 5.74) is 10.0. The molecule has 1 heterocycles. The van der Waals surface area contributed by atoms with E-state index in [9.17, 15) is 14.4 Å². The van der Waals surface area contributed by atoms with Gasteiger partial charge in [-0.25, -0.2) is 9.59 Å². The van der Waals surface area contributed by atoms with Crippen LogP contribution >= 0.6 is 0 Å². The molecule has 0 atom stereocenters. The summed E-state index contributed by atoms with van der Waals surface area (Å²) in [5, 5.41) is 5.92. The first-order valence-electron chi connectivity index (χ1n) is 14.1. The third-order valence-electron chi connectivity index (χ3n) is 7.27. The van der Waals surface area contributed by atoms with Crippen molar-refractivity contribution >= 4 is 23.7 Å². The second-order valence-corrected chi connectivity index (χ2v) is 10.3. The third kappa shape index (κ3) is 9.36. The molecule has 4 rings (SSSR count). The molecule has 0 aromatic heterocycles. The van der Waals surface area contributed by atoms with Gasteiger partial charge in [0.15, 0.2) is 0 Å². The number of nitrogens with two attached hydrogens (primary N) is 1. The van der Waals surface area contributed by atoms with Crippen LogP contribution in [0.15, 0.2) is 78.9 Å². The summed E-state index contributed by atoms with van der Waals surface area (Å²) >= 11 is 0. The van der Waals surface area contributed by atoms with Gasteiger partial charge in [-0.15, -0.1) is 0 Å². The zero-order valence-electron chi connectivity index (χ0n) is 23.6. The summed E-state index contributed by atoms with van der Waals surface area (Å²) in [4.78, 5) is 39.9. The second kappa shape index (κ2) is 14.9. The number of urea groups is 1. The molecule has 3 aromatic rings. The molecule has 4 amide bonds. The number of ether oxygens (including phenoxy) is 1. The van der Waals surface area contributed by atoms with Crippen LogP contribution in [0, 0.1) is 0 Å². The van der Waals surface area contributed by atoms with E-state index in [1.54, 1.807) is 7.05 Å². The monoisotopic (exact) mass is 557 g/mol. The predicted molar refractivity (Wildman–Crippen MR) is 160 cm³/mol. The molecule has 1 aliphatic rings. The van der Waals surface area contributed by atoms with Crippen molar-refractivity contribution in [3.05, 3.63) is 90.0 Å². The first-order chi connectivity index (χ1) is 19.9. The van der Waals surface area contributed by atoms with Crippen LogP contribution in [0.3, 0.4) is 0 Å². The van der Waals surface area contributed by atoms with E-state index in [0.717, 1.165) is 60.4 Å². The minimum absolute atomic E-state index is 0.0215. The topological polar surface area (TPSA) is 117 Å². The highest BCUT2D eigenvalue weighted by atomic mass is 16.6. The molecular weight excluding hydrogens is 518 g/mol. The summed E-state index contributed by atoms with van der Waals surface area (Å²) in [7, 11) is 1.66. The Balaban J connectivity index is 1.11. The number of aryl methyl sites for hydroxylation is 1. The van der Waals surface area contributed by atoms with Crippen LogP contribution in [0.4, 0.5) is 15.3 Å². The molecule has 0 unspecified atom stereocenters. The Morgan fingerprint density at radius 2 is 1.59 bits per heavy atom. The largest absolute Gasteiger partial charge is 0.446 e. The SMILES string of the molecule is CN(Cc1ccc(CCC(=O)NCCN2CCC(OC(=O)Nc3ccccc3-c3ccccc3)CC2)cc1)C(N)=O. The molecule has 9 nitrogen and oxygen atoms in total. The Bertz CT molecular complexity index is 1290. The number of amides is 4. The normalized spacial score (nSPS) is 13.8. The highest BCUT2D eigenvalue weighted by Crippen LogP contribution is 2.28. The molecule has 1 fully saturated rings. The molecule has 0 aliphatic carbocycles. The quantitative estimate of drug-likeness (QED) is 0.318. The summed E-state index contributed by atoms with van der Waals surface area (Å²) in [6.45, 7) is 3.42. The number of hydrogen-bond acceptors (Lipinski definition) is 5. The fourth-order valence-corrected chi connectivity index (χ4v) is 4.87. The van der Waals surface area contributed by atoms with Crippen molar-refractivity contribution in [2.75, 3.05) is 38.5 Å². The number of primary amides is 1. The van der Waals surface area contributed by atoms with E-state index >= 15 is 0 Å². The van der Waals surface area contributed by atoms with Crippen molar-refractivity contribution in [1.29, 1.82) is 0 Å². The Labute approximate surface area is 241 Å². The van der Waals surface area contributed by atoms with Gasteiger partial charge in [0.05, 0.1) is 5.69 Å². The van der Waals surface area contributed by atoms with Gasteiger partial charge in [-0.3, -0.25) is 10.1 Å². The number of likely N-dealkylation sites (tertiary alicyclic amines) is 1. The standard InChI is InChI=1S/C32H39N5O4/c1-36(31(33)39)23-25-13-11-24(12-14-25)15-16-30(38)34-19-22-37-20-17-27(18-21-37)41-32(40)35-29-10-6-5-9-28(29)26-7-3-2-4-8-26/h2-14,27H,15-23H2,1H3,(H2,33,39)(H,34,38)(H,35,40).